The lowest BCUT2D eigenvalue weighted by Gasteiger charge is -2.23. The molecule has 2 aliphatic rings. The summed E-state index contributed by atoms with van der Waals surface area (Å²) >= 11 is 0. The number of hydrogen-bond acceptors (Lipinski definition) is 4. The average Bonchev–Trinajstić information content (AvgIpc) is 2.82. The summed E-state index contributed by atoms with van der Waals surface area (Å²) in [4.78, 5) is 25.7. The molecule has 0 N–H and O–H groups in total. The maximum absolute atomic E-state index is 12.2. The van der Waals surface area contributed by atoms with Gasteiger partial charge in [-0.1, -0.05) is 6.08 Å². The lowest BCUT2D eigenvalue weighted by molar-refractivity contribution is -0.151. The van der Waals surface area contributed by atoms with Crippen LogP contribution in [-0.4, -0.2) is 50.2 Å². The van der Waals surface area contributed by atoms with Crippen molar-refractivity contribution in [3.8, 4) is 0 Å². The smallest absolute Gasteiger partial charge is 0.313 e. The third kappa shape index (κ3) is 2.41. The van der Waals surface area contributed by atoms with E-state index >= 15 is 0 Å². The van der Waals surface area contributed by atoms with Crippen molar-refractivity contribution in [3.63, 3.8) is 0 Å². The van der Waals surface area contributed by atoms with Crippen molar-refractivity contribution in [2.45, 2.75) is 19.8 Å². The van der Waals surface area contributed by atoms with Gasteiger partial charge in [-0.2, -0.15) is 0 Å². The van der Waals surface area contributed by atoms with Crippen LogP contribution in [0.2, 0.25) is 0 Å². The SMILES string of the molecule is COC(=O)C1(C)CCN(C(=O)C2=CCOCC2)C1. The Labute approximate surface area is 107 Å². The van der Waals surface area contributed by atoms with Gasteiger partial charge in [0.15, 0.2) is 0 Å². The molecule has 0 bridgehead atoms. The molecule has 2 aliphatic heterocycles. The fourth-order valence-electron chi connectivity index (χ4n) is 2.47. The Morgan fingerprint density at radius 1 is 1.50 bits per heavy atom. The molecule has 0 aliphatic carbocycles. The monoisotopic (exact) mass is 253 g/mol. The van der Waals surface area contributed by atoms with Gasteiger partial charge < -0.3 is 14.4 Å². The average molecular weight is 253 g/mol. The zero-order valence-corrected chi connectivity index (χ0v) is 10.9. The van der Waals surface area contributed by atoms with Crippen molar-refractivity contribution in [1.82, 2.24) is 4.90 Å². The summed E-state index contributed by atoms with van der Waals surface area (Å²) in [5, 5.41) is 0. The van der Waals surface area contributed by atoms with E-state index in [1.165, 1.54) is 7.11 Å². The third-order valence-electron chi connectivity index (χ3n) is 3.68. The van der Waals surface area contributed by atoms with Crippen LogP contribution in [0.3, 0.4) is 0 Å². The summed E-state index contributed by atoms with van der Waals surface area (Å²) in [7, 11) is 1.39. The number of methoxy groups -OCH3 is 1. The molecule has 0 radical (unpaired) electrons. The van der Waals surface area contributed by atoms with Gasteiger partial charge in [-0.05, 0) is 13.3 Å². The number of esters is 1. The van der Waals surface area contributed by atoms with Gasteiger partial charge in [-0.15, -0.1) is 0 Å². The molecule has 100 valence electrons. The summed E-state index contributed by atoms with van der Waals surface area (Å²) in [6.45, 7) is 4.01. The van der Waals surface area contributed by atoms with E-state index in [1.54, 1.807) is 4.90 Å². The van der Waals surface area contributed by atoms with E-state index in [0.717, 1.165) is 5.57 Å². The molecule has 0 aromatic heterocycles. The van der Waals surface area contributed by atoms with Crippen LogP contribution < -0.4 is 0 Å². The number of carbonyl (C=O) groups is 2. The van der Waals surface area contributed by atoms with Crippen LogP contribution in [-0.2, 0) is 19.1 Å². The van der Waals surface area contributed by atoms with Gasteiger partial charge >= 0.3 is 5.97 Å². The van der Waals surface area contributed by atoms with Crippen LogP contribution in [0, 0.1) is 5.41 Å². The Morgan fingerprint density at radius 3 is 2.89 bits per heavy atom. The molecular formula is C13H19NO4. The Hall–Kier alpha value is -1.36. The Bertz CT molecular complexity index is 390. The van der Waals surface area contributed by atoms with E-state index in [1.807, 2.05) is 13.0 Å². The van der Waals surface area contributed by atoms with Gasteiger partial charge in [0.05, 0.1) is 25.7 Å². The summed E-state index contributed by atoms with van der Waals surface area (Å²) in [6, 6.07) is 0. The minimum absolute atomic E-state index is 0.0333. The molecular weight excluding hydrogens is 234 g/mol. The van der Waals surface area contributed by atoms with Crippen LogP contribution in [0.15, 0.2) is 11.6 Å². The first-order valence-corrected chi connectivity index (χ1v) is 6.21. The molecule has 1 amide bonds. The van der Waals surface area contributed by atoms with Crippen molar-refractivity contribution in [1.29, 1.82) is 0 Å². The highest BCUT2D eigenvalue weighted by Crippen LogP contribution is 2.32. The van der Waals surface area contributed by atoms with Gasteiger partial charge in [-0.25, -0.2) is 0 Å². The quantitative estimate of drug-likeness (QED) is 0.681. The predicted octanol–water partition coefficient (Wildman–Crippen LogP) is 0.745. The third-order valence-corrected chi connectivity index (χ3v) is 3.68. The van der Waals surface area contributed by atoms with E-state index in [9.17, 15) is 9.59 Å². The van der Waals surface area contributed by atoms with Crippen LogP contribution in [0.4, 0.5) is 0 Å². The first kappa shape index (κ1) is 13.1. The fourth-order valence-corrected chi connectivity index (χ4v) is 2.47. The zero-order chi connectivity index (χ0) is 13.2. The molecule has 5 nitrogen and oxygen atoms in total. The van der Waals surface area contributed by atoms with Crippen LogP contribution in [0.5, 0.6) is 0 Å². The topological polar surface area (TPSA) is 55.8 Å². The second-order valence-electron chi connectivity index (χ2n) is 5.08. The van der Waals surface area contributed by atoms with Crippen molar-refractivity contribution in [2.75, 3.05) is 33.4 Å². The number of likely N-dealkylation sites (tertiary alicyclic amines) is 1. The summed E-state index contributed by atoms with van der Waals surface area (Å²) < 4.78 is 9.99. The molecule has 18 heavy (non-hydrogen) atoms. The van der Waals surface area contributed by atoms with Crippen LogP contribution in [0.25, 0.3) is 0 Å². The van der Waals surface area contributed by atoms with Gasteiger partial charge in [0.2, 0.25) is 5.91 Å². The Kier molecular flexibility index (Phi) is 3.71. The molecule has 1 saturated heterocycles. The van der Waals surface area contributed by atoms with Gasteiger partial charge in [0.25, 0.3) is 0 Å². The highest BCUT2D eigenvalue weighted by molar-refractivity contribution is 5.94. The van der Waals surface area contributed by atoms with E-state index in [-0.39, 0.29) is 11.9 Å². The van der Waals surface area contributed by atoms with Gasteiger partial charge in [0.1, 0.15) is 0 Å². The molecule has 2 heterocycles. The minimum Gasteiger partial charge on any atom is -0.469 e. The Morgan fingerprint density at radius 2 is 2.28 bits per heavy atom. The number of rotatable bonds is 2. The van der Waals surface area contributed by atoms with Gasteiger partial charge in [0, 0.05) is 25.1 Å². The van der Waals surface area contributed by atoms with E-state index in [2.05, 4.69) is 0 Å². The van der Waals surface area contributed by atoms with Gasteiger partial charge in [-0.3, -0.25) is 9.59 Å². The predicted molar refractivity (Wildman–Crippen MR) is 64.8 cm³/mol. The number of carbonyl (C=O) groups excluding carboxylic acids is 2. The fraction of sp³-hybridized carbons (Fsp3) is 0.692. The van der Waals surface area contributed by atoms with E-state index in [0.29, 0.717) is 39.1 Å². The lowest BCUT2D eigenvalue weighted by Crippen LogP contribution is -2.36. The number of ether oxygens (including phenoxy) is 2. The molecule has 5 heteroatoms. The lowest BCUT2D eigenvalue weighted by atomic mass is 9.90. The first-order valence-electron chi connectivity index (χ1n) is 6.21. The highest BCUT2D eigenvalue weighted by atomic mass is 16.5. The molecule has 2 rings (SSSR count). The Balaban J connectivity index is 2.02. The standard InChI is InChI=1S/C13H19NO4/c1-13(12(16)17-2)5-6-14(9-13)11(15)10-3-7-18-8-4-10/h3H,4-9H2,1-2H3. The molecule has 1 atom stereocenters. The van der Waals surface area contributed by atoms with Crippen molar-refractivity contribution < 1.29 is 19.1 Å². The maximum atomic E-state index is 12.2. The van der Waals surface area contributed by atoms with Crippen LogP contribution in [0.1, 0.15) is 19.8 Å². The molecule has 0 spiro atoms. The second kappa shape index (κ2) is 5.10. The largest absolute Gasteiger partial charge is 0.469 e. The second-order valence-corrected chi connectivity index (χ2v) is 5.08. The number of amides is 1. The first-order chi connectivity index (χ1) is 8.57. The highest BCUT2D eigenvalue weighted by Gasteiger charge is 2.43. The molecule has 0 saturated carbocycles. The maximum Gasteiger partial charge on any atom is 0.313 e. The van der Waals surface area contributed by atoms with Crippen molar-refractivity contribution >= 4 is 11.9 Å². The zero-order valence-electron chi connectivity index (χ0n) is 10.9. The molecule has 0 aromatic rings. The van der Waals surface area contributed by atoms with Crippen molar-refractivity contribution in [2.24, 2.45) is 5.41 Å². The van der Waals surface area contributed by atoms with E-state index < -0.39 is 5.41 Å². The van der Waals surface area contributed by atoms with Crippen molar-refractivity contribution in [3.05, 3.63) is 11.6 Å². The molecule has 0 aromatic carbocycles. The minimum atomic E-state index is -0.559. The molecule has 1 fully saturated rings. The summed E-state index contributed by atoms with van der Waals surface area (Å²) in [5.74, 6) is -0.204. The summed E-state index contributed by atoms with van der Waals surface area (Å²) in [6.07, 6.45) is 3.15. The van der Waals surface area contributed by atoms with E-state index in [4.69, 9.17) is 9.47 Å². The number of nitrogens with zero attached hydrogens (tertiary/aromatic N) is 1. The molecule has 1 unspecified atom stereocenters. The van der Waals surface area contributed by atoms with Crippen LogP contribution >= 0.6 is 0 Å². The normalized spacial score (nSPS) is 27.9. The summed E-state index contributed by atoms with van der Waals surface area (Å²) in [5.41, 5.74) is 0.242. The number of hydrogen-bond donors (Lipinski definition) is 0.